The maximum Gasteiger partial charge on any atom is 0.323 e. The Balaban J connectivity index is 2.16. The highest BCUT2D eigenvalue weighted by Gasteiger charge is 2.17. The number of aromatic amines is 1. The molecule has 21 heavy (non-hydrogen) atoms. The Bertz CT molecular complexity index is 609. The van der Waals surface area contributed by atoms with Crippen LogP contribution in [0.5, 0.6) is 0 Å². The summed E-state index contributed by atoms with van der Waals surface area (Å²) in [4.78, 5) is 24.4. The summed E-state index contributed by atoms with van der Waals surface area (Å²) in [6, 6.07) is 6.64. The molecule has 0 saturated carbocycles. The van der Waals surface area contributed by atoms with Gasteiger partial charge < -0.3 is 10.0 Å². The third-order valence-corrected chi connectivity index (χ3v) is 2.84. The van der Waals surface area contributed by atoms with Gasteiger partial charge >= 0.3 is 5.97 Å². The van der Waals surface area contributed by atoms with E-state index < -0.39 is 5.97 Å². The van der Waals surface area contributed by atoms with Crippen molar-refractivity contribution in [3.8, 4) is 11.4 Å². The number of tetrazole rings is 1. The lowest BCUT2D eigenvalue weighted by atomic mass is 10.1. The van der Waals surface area contributed by atoms with E-state index in [0.717, 1.165) is 5.56 Å². The number of carbonyl (C=O) groups excluding carboxylic acids is 1. The van der Waals surface area contributed by atoms with Crippen molar-refractivity contribution in [3.63, 3.8) is 0 Å². The molecule has 2 rings (SSSR count). The van der Waals surface area contributed by atoms with Gasteiger partial charge in [0.1, 0.15) is 6.54 Å². The monoisotopic (exact) mass is 289 g/mol. The highest BCUT2D eigenvalue weighted by Crippen LogP contribution is 2.15. The molecule has 1 heterocycles. The average molecular weight is 289 g/mol. The first-order valence-electron chi connectivity index (χ1n) is 6.46. The number of carboxylic acid groups (broad SMARTS) is 1. The number of hydrogen-bond acceptors (Lipinski definition) is 5. The Kier molecular flexibility index (Phi) is 4.60. The lowest BCUT2D eigenvalue weighted by Gasteiger charge is -2.19. The van der Waals surface area contributed by atoms with Gasteiger partial charge in [-0.2, -0.15) is 5.21 Å². The molecule has 0 atom stereocenters. The highest BCUT2D eigenvalue weighted by atomic mass is 16.4. The fraction of sp³-hybridized carbons (Fsp3) is 0.308. The van der Waals surface area contributed by atoms with Crippen LogP contribution in [-0.2, 0) is 4.79 Å². The summed E-state index contributed by atoms with van der Waals surface area (Å²) in [7, 11) is 0. The van der Waals surface area contributed by atoms with Gasteiger partial charge in [0.25, 0.3) is 5.91 Å². The van der Waals surface area contributed by atoms with Gasteiger partial charge in [0, 0.05) is 17.7 Å². The van der Waals surface area contributed by atoms with Crippen molar-refractivity contribution in [2.45, 2.75) is 13.3 Å². The van der Waals surface area contributed by atoms with Gasteiger partial charge in [-0.1, -0.05) is 19.1 Å². The van der Waals surface area contributed by atoms with E-state index in [4.69, 9.17) is 5.11 Å². The quantitative estimate of drug-likeness (QED) is 0.813. The normalized spacial score (nSPS) is 10.3. The highest BCUT2D eigenvalue weighted by molar-refractivity contribution is 5.96. The number of carbonyl (C=O) groups is 2. The number of hydrogen-bond donors (Lipinski definition) is 2. The number of nitrogens with zero attached hydrogens (tertiary/aromatic N) is 4. The molecule has 0 spiro atoms. The van der Waals surface area contributed by atoms with Crippen molar-refractivity contribution < 1.29 is 14.7 Å². The lowest BCUT2D eigenvalue weighted by Crippen LogP contribution is -2.36. The second-order valence-electron chi connectivity index (χ2n) is 4.43. The first-order chi connectivity index (χ1) is 10.1. The van der Waals surface area contributed by atoms with Crippen molar-refractivity contribution in [2.24, 2.45) is 0 Å². The van der Waals surface area contributed by atoms with Crippen molar-refractivity contribution in [1.82, 2.24) is 25.5 Å². The van der Waals surface area contributed by atoms with Crippen LogP contribution in [-0.4, -0.2) is 55.6 Å². The maximum atomic E-state index is 12.3. The third kappa shape index (κ3) is 3.62. The van der Waals surface area contributed by atoms with Gasteiger partial charge in [-0.05, 0) is 23.8 Å². The molecule has 0 saturated heterocycles. The number of aromatic nitrogens is 4. The third-order valence-electron chi connectivity index (χ3n) is 2.84. The molecule has 0 aliphatic heterocycles. The summed E-state index contributed by atoms with van der Waals surface area (Å²) in [5.74, 6) is -0.899. The van der Waals surface area contributed by atoms with E-state index in [1.54, 1.807) is 24.3 Å². The second-order valence-corrected chi connectivity index (χ2v) is 4.43. The predicted octanol–water partition coefficient (Wildman–Crippen LogP) is 0.803. The van der Waals surface area contributed by atoms with E-state index in [0.29, 0.717) is 24.4 Å². The molecule has 0 bridgehead atoms. The van der Waals surface area contributed by atoms with Crippen LogP contribution in [0.15, 0.2) is 24.3 Å². The number of benzene rings is 1. The van der Waals surface area contributed by atoms with Crippen LogP contribution in [0.4, 0.5) is 0 Å². The molecule has 0 aliphatic rings. The molecule has 0 unspecified atom stereocenters. The van der Waals surface area contributed by atoms with Crippen molar-refractivity contribution in [2.75, 3.05) is 13.1 Å². The SMILES string of the molecule is CCCN(CC(=O)O)C(=O)c1ccc(-c2nn[nH]n2)cc1. The van der Waals surface area contributed by atoms with Gasteiger partial charge in [-0.25, -0.2) is 0 Å². The molecular weight excluding hydrogens is 274 g/mol. The summed E-state index contributed by atoms with van der Waals surface area (Å²) in [5, 5.41) is 22.4. The molecule has 110 valence electrons. The summed E-state index contributed by atoms with van der Waals surface area (Å²) < 4.78 is 0. The van der Waals surface area contributed by atoms with Gasteiger partial charge in [0.15, 0.2) is 0 Å². The Morgan fingerprint density at radius 1 is 1.29 bits per heavy atom. The topological polar surface area (TPSA) is 112 Å². The summed E-state index contributed by atoms with van der Waals surface area (Å²) >= 11 is 0. The van der Waals surface area contributed by atoms with Gasteiger partial charge in [0.2, 0.25) is 5.82 Å². The summed E-state index contributed by atoms with van der Waals surface area (Å²) in [6.07, 6.45) is 0.694. The molecule has 2 aromatic rings. The van der Waals surface area contributed by atoms with Crippen molar-refractivity contribution >= 4 is 11.9 Å². The predicted molar refractivity (Wildman–Crippen MR) is 73.4 cm³/mol. The zero-order valence-corrected chi connectivity index (χ0v) is 11.5. The molecule has 1 aromatic carbocycles. The molecule has 8 heteroatoms. The number of rotatable bonds is 6. The van der Waals surface area contributed by atoms with Crippen molar-refractivity contribution in [3.05, 3.63) is 29.8 Å². The fourth-order valence-electron chi connectivity index (χ4n) is 1.91. The Labute approximate surface area is 120 Å². The minimum absolute atomic E-state index is 0.306. The van der Waals surface area contributed by atoms with Crippen molar-refractivity contribution in [1.29, 1.82) is 0 Å². The zero-order valence-electron chi connectivity index (χ0n) is 11.5. The van der Waals surface area contributed by atoms with E-state index in [-0.39, 0.29) is 12.5 Å². The number of carboxylic acids is 1. The fourth-order valence-corrected chi connectivity index (χ4v) is 1.91. The summed E-state index contributed by atoms with van der Waals surface area (Å²) in [6.45, 7) is 1.98. The Morgan fingerprint density at radius 3 is 2.52 bits per heavy atom. The van der Waals surface area contributed by atoms with Crippen LogP contribution in [0.3, 0.4) is 0 Å². The Hall–Kier alpha value is -2.77. The van der Waals surface area contributed by atoms with E-state index >= 15 is 0 Å². The first-order valence-corrected chi connectivity index (χ1v) is 6.46. The first kappa shape index (κ1) is 14.6. The van der Waals surface area contributed by atoms with E-state index in [1.165, 1.54) is 4.90 Å². The van der Waals surface area contributed by atoms with Crippen LogP contribution < -0.4 is 0 Å². The molecule has 0 aliphatic carbocycles. The second kappa shape index (κ2) is 6.60. The van der Waals surface area contributed by atoms with Gasteiger partial charge in [0.05, 0.1) is 0 Å². The molecule has 0 fully saturated rings. The average Bonchev–Trinajstić information content (AvgIpc) is 3.00. The minimum Gasteiger partial charge on any atom is -0.480 e. The van der Waals surface area contributed by atoms with E-state index in [2.05, 4.69) is 20.6 Å². The molecule has 8 nitrogen and oxygen atoms in total. The minimum atomic E-state index is -1.03. The number of amides is 1. The van der Waals surface area contributed by atoms with Crippen LogP contribution >= 0.6 is 0 Å². The molecule has 2 N–H and O–H groups in total. The van der Waals surface area contributed by atoms with Gasteiger partial charge in [-0.3, -0.25) is 9.59 Å². The van der Waals surface area contributed by atoms with Crippen LogP contribution in [0.1, 0.15) is 23.7 Å². The zero-order chi connectivity index (χ0) is 15.2. The number of aliphatic carboxylic acids is 1. The maximum absolute atomic E-state index is 12.3. The molecular formula is C13H15N5O3. The Morgan fingerprint density at radius 2 is 2.00 bits per heavy atom. The van der Waals surface area contributed by atoms with Crippen LogP contribution in [0, 0.1) is 0 Å². The molecule has 1 amide bonds. The number of H-pyrrole nitrogens is 1. The number of nitrogens with one attached hydrogen (secondary N) is 1. The van der Waals surface area contributed by atoms with E-state index in [9.17, 15) is 9.59 Å². The smallest absolute Gasteiger partial charge is 0.323 e. The van der Waals surface area contributed by atoms with E-state index in [1.807, 2.05) is 6.92 Å². The lowest BCUT2D eigenvalue weighted by molar-refractivity contribution is -0.137. The van der Waals surface area contributed by atoms with Gasteiger partial charge in [-0.15, -0.1) is 10.2 Å². The standard InChI is InChI=1S/C13H15N5O3/c1-2-7-18(8-11(19)20)13(21)10-5-3-9(4-6-10)12-14-16-17-15-12/h3-6H,2,7-8H2,1H3,(H,19,20)(H,14,15,16,17). The van der Waals surface area contributed by atoms with Crippen LogP contribution in [0.2, 0.25) is 0 Å². The summed E-state index contributed by atoms with van der Waals surface area (Å²) in [5.41, 5.74) is 1.15. The largest absolute Gasteiger partial charge is 0.480 e. The van der Waals surface area contributed by atoms with Crippen LogP contribution in [0.25, 0.3) is 11.4 Å². The molecule has 1 aromatic heterocycles. The molecule has 0 radical (unpaired) electrons.